The van der Waals surface area contributed by atoms with Crippen LogP contribution in [0.5, 0.6) is 0 Å². The first kappa shape index (κ1) is 13.4. The summed E-state index contributed by atoms with van der Waals surface area (Å²) in [6, 6.07) is 1.07. The number of aryl methyl sites for hydroxylation is 2. The van der Waals surface area contributed by atoms with Gasteiger partial charge in [-0.05, 0) is 26.7 Å². The Labute approximate surface area is 110 Å². The molecule has 4 nitrogen and oxygen atoms in total. The average molecular weight is 250 g/mol. The van der Waals surface area contributed by atoms with Gasteiger partial charge in [0.25, 0.3) is 0 Å². The summed E-state index contributed by atoms with van der Waals surface area (Å²) in [6.07, 6.45) is 4.39. The molecule has 2 heterocycles. The molecule has 0 radical (unpaired) electrons. The van der Waals surface area contributed by atoms with Gasteiger partial charge in [-0.1, -0.05) is 13.8 Å². The number of hydrogen-bond donors (Lipinski definition) is 1. The highest BCUT2D eigenvalue weighted by atomic mass is 15.3. The van der Waals surface area contributed by atoms with E-state index >= 15 is 0 Å². The highest BCUT2D eigenvalue weighted by Gasteiger charge is 2.24. The lowest BCUT2D eigenvalue weighted by molar-refractivity contribution is 0.400. The maximum atomic E-state index is 4.80. The van der Waals surface area contributed by atoms with E-state index in [0.29, 0.717) is 12.1 Å². The largest absolute Gasteiger partial charge is 0.339 e. The molecule has 0 bridgehead atoms. The third-order valence-electron chi connectivity index (χ3n) is 3.47. The zero-order chi connectivity index (χ0) is 13.1. The molecule has 0 spiro atoms. The summed E-state index contributed by atoms with van der Waals surface area (Å²) < 4.78 is 2.32. The topological polar surface area (TPSA) is 33.1 Å². The van der Waals surface area contributed by atoms with Crippen LogP contribution in [0, 0.1) is 0 Å². The molecule has 4 heteroatoms. The minimum atomic E-state index is 0.533. The fourth-order valence-electron chi connectivity index (χ4n) is 2.78. The van der Waals surface area contributed by atoms with Crippen molar-refractivity contribution in [3.05, 3.63) is 11.9 Å². The van der Waals surface area contributed by atoms with Crippen LogP contribution in [0.3, 0.4) is 0 Å². The van der Waals surface area contributed by atoms with Crippen LogP contribution in [0.15, 0.2) is 6.20 Å². The molecule has 1 aromatic heterocycles. The highest BCUT2D eigenvalue weighted by molar-refractivity contribution is 5.35. The Kier molecular flexibility index (Phi) is 4.27. The number of nitrogens with one attached hydrogen (secondary N) is 1. The molecular weight excluding hydrogens is 224 g/mol. The van der Waals surface area contributed by atoms with Gasteiger partial charge in [0.2, 0.25) is 5.95 Å². The highest BCUT2D eigenvalue weighted by Crippen LogP contribution is 2.18. The molecule has 0 saturated carbocycles. The second-order valence-corrected chi connectivity index (χ2v) is 5.45. The van der Waals surface area contributed by atoms with Crippen molar-refractivity contribution in [3.63, 3.8) is 0 Å². The van der Waals surface area contributed by atoms with Gasteiger partial charge in [0.05, 0.1) is 5.69 Å². The lowest BCUT2D eigenvalue weighted by Crippen LogP contribution is -2.55. The van der Waals surface area contributed by atoms with Crippen LogP contribution in [-0.2, 0) is 13.0 Å². The van der Waals surface area contributed by atoms with E-state index in [0.717, 1.165) is 38.4 Å². The molecule has 1 aromatic rings. The standard InChI is InChI=1S/C14H26N4/c1-5-7-17-10-13(6-2)16-14(17)18-8-11(3)15-12(4)9-18/h10-12,15H,5-9H2,1-4H3. The monoisotopic (exact) mass is 250 g/mol. The Balaban J connectivity index is 2.22. The van der Waals surface area contributed by atoms with E-state index in [1.807, 2.05) is 0 Å². The second kappa shape index (κ2) is 5.74. The van der Waals surface area contributed by atoms with Crippen molar-refractivity contribution in [1.82, 2.24) is 14.9 Å². The van der Waals surface area contributed by atoms with E-state index in [4.69, 9.17) is 4.98 Å². The van der Waals surface area contributed by atoms with E-state index in [2.05, 4.69) is 48.7 Å². The maximum Gasteiger partial charge on any atom is 0.205 e. The zero-order valence-corrected chi connectivity index (χ0v) is 12.1. The van der Waals surface area contributed by atoms with Crippen LogP contribution in [0.25, 0.3) is 0 Å². The van der Waals surface area contributed by atoms with Crippen LogP contribution in [0.1, 0.15) is 39.8 Å². The minimum Gasteiger partial charge on any atom is -0.339 e. The van der Waals surface area contributed by atoms with Gasteiger partial charge < -0.3 is 14.8 Å². The van der Waals surface area contributed by atoms with Crippen LogP contribution >= 0.6 is 0 Å². The Morgan fingerprint density at radius 1 is 1.28 bits per heavy atom. The fourth-order valence-corrected chi connectivity index (χ4v) is 2.78. The normalized spacial score (nSPS) is 24.6. The van der Waals surface area contributed by atoms with Gasteiger partial charge in [0.15, 0.2) is 0 Å². The van der Waals surface area contributed by atoms with Gasteiger partial charge in [-0.25, -0.2) is 4.98 Å². The van der Waals surface area contributed by atoms with Crippen LogP contribution in [0.2, 0.25) is 0 Å². The molecule has 0 aromatic carbocycles. The molecule has 1 saturated heterocycles. The molecule has 1 N–H and O–H groups in total. The molecule has 102 valence electrons. The van der Waals surface area contributed by atoms with Crippen LogP contribution in [-0.4, -0.2) is 34.7 Å². The van der Waals surface area contributed by atoms with Gasteiger partial charge in [-0.15, -0.1) is 0 Å². The number of piperazine rings is 1. The first-order valence-electron chi connectivity index (χ1n) is 7.21. The van der Waals surface area contributed by atoms with Crippen molar-refractivity contribution in [2.75, 3.05) is 18.0 Å². The first-order chi connectivity index (χ1) is 8.63. The van der Waals surface area contributed by atoms with Gasteiger partial charge in [-0.2, -0.15) is 0 Å². The molecular formula is C14H26N4. The van der Waals surface area contributed by atoms with Gasteiger partial charge >= 0.3 is 0 Å². The SMILES string of the molecule is CCCn1cc(CC)nc1N1CC(C)NC(C)C1. The Hall–Kier alpha value is -1.03. The van der Waals surface area contributed by atoms with Gasteiger partial charge in [-0.3, -0.25) is 0 Å². The summed E-state index contributed by atoms with van der Waals surface area (Å²) in [5.41, 5.74) is 1.21. The smallest absolute Gasteiger partial charge is 0.205 e. The number of aromatic nitrogens is 2. The molecule has 2 atom stereocenters. The molecule has 2 rings (SSSR count). The van der Waals surface area contributed by atoms with Crippen LogP contribution in [0.4, 0.5) is 5.95 Å². The van der Waals surface area contributed by atoms with Crippen molar-refractivity contribution < 1.29 is 0 Å². The Morgan fingerprint density at radius 2 is 1.94 bits per heavy atom. The summed E-state index contributed by atoms with van der Waals surface area (Å²) in [5, 5.41) is 3.57. The number of anilines is 1. The third kappa shape index (κ3) is 2.86. The Morgan fingerprint density at radius 3 is 2.50 bits per heavy atom. The number of hydrogen-bond acceptors (Lipinski definition) is 3. The van der Waals surface area contributed by atoms with Gasteiger partial charge in [0, 0.05) is 37.9 Å². The predicted molar refractivity (Wildman–Crippen MR) is 76.2 cm³/mol. The Bertz CT molecular complexity index is 375. The third-order valence-corrected chi connectivity index (χ3v) is 3.47. The average Bonchev–Trinajstić information content (AvgIpc) is 2.71. The van der Waals surface area contributed by atoms with E-state index in [-0.39, 0.29) is 0 Å². The summed E-state index contributed by atoms with van der Waals surface area (Å²) in [6.45, 7) is 12.0. The lowest BCUT2D eigenvalue weighted by Gasteiger charge is -2.36. The van der Waals surface area contributed by atoms with Crippen molar-refractivity contribution >= 4 is 5.95 Å². The first-order valence-corrected chi connectivity index (χ1v) is 7.21. The minimum absolute atomic E-state index is 0.533. The number of rotatable bonds is 4. The van der Waals surface area contributed by atoms with E-state index < -0.39 is 0 Å². The second-order valence-electron chi connectivity index (χ2n) is 5.45. The summed E-state index contributed by atoms with van der Waals surface area (Å²) in [5.74, 6) is 1.16. The summed E-state index contributed by atoms with van der Waals surface area (Å²) in [7, 11) is 0. The zero-order valence-electron chi connectivity index (χ0n) is 12.1. The van der Waals surface area contributed by atoms with E-state index in [9.17, 15) is 0 Å². The van der Waals surface area contributed by atoms with Crippen molar-refractivity contribution in [1.29, 1.82) is 0 Å². The molecule has 1 fully saturated rings. The number of nitrogens with zero attached hydrogens (tertiary/aromatic N) is 3. The summed E-state index contributed by atoms with van der Waals surface area (Å²) in [4.78, 5) is 7.23. The lowest BCUT2D eigenvalue weighted by atomic mass is 10.1. The van der Waals surface area contributed by atoms with E-state index in [1.165, 1.54) is 5.69 Å². The number of imidazole rings is 1. The van der Waals surface area contributed by atoms with Crippen molar-refractivity contribution in [3.8, 4) is 0 Å². The fraction of sp³-hybridized carbons (Fsp3) is 0.786. The quantitative estimate of drug-likeness (QED) is 0.888. The van der Waals surface area contributed by atoms with Gasteiger partial charge in [0.1, 0.15) is 0 Å². The van der Waals surface area contributed by atoms with Crippen LogP contribution < -0.4 is 10.2 Å². The molecule has 1 aliphatic rings. The van der Waals surface area contributed by atoms with E-state index in [1.54, 1.807) is 0 Å². The molecule has 1 aliphatic heterocycles. The molecule has 18 heavy (non-hydrogen) atoms. The predicted octanol–water partition coefficient (Wildman–Crippen LogP) is 2.04. The molecule has 0 amide bonds. The molecule has 0 aliphatic carbocycles. The maximum absolute atomic E-state index is 4.80. The van der Waals surface area contributed by atoms with Crippen molar-refractivity contribution in [2.24, 2.45) is 0 Å². The summed E-state index contributed by atoms with van der Waals surface area (Å²) >= 11 is 0. The van der Waals surface area contributed by atoms with Crippen molar-refractivity contribution in [2.45, 2.75) is 59.2 Å². The molecule has 2 unspecified atom stereocenters.